The number of aromatic amines is 2. The van der Waals surface area contributed by atoms with Crippen molar-refractivity contribution in [1.82, 2.24) is 40.4 Å². The second-order valence-corrected chi connectivity index (χ2v) is 16.4. The van der Waals surface area contributed by atoms with Crippen LogP contribution in [0.15, 0.2) is 97.3 Å². The van der Waals surface area contributed by atoms with Crippen LogP contribution in [-0.2, 0) is 9.59 Å². The van der Waals surface area contributed by atoms with Gasteiger partial charge in [0.2, 0.25) is 0 Å². The lowest BCUT2D eigenvalue weighted by Crippen LogP contribution is -2.42. The molecule has 8 rings (SSSR count). The van der Waals surface area contributed by atoms with E-state index in [2.05, 4.69) is 63.7 Å². The molecular formula is C46H44Cl2N8O6. The molecule has 0 bridgehead atoms. The number of carbonyl (C=O) groups excluding carboxylic acids is 2. The Bertz CT molecular complexity index is 2660. The fourth-order valence-corrected chi connectivity index (χ4v) is 9.21. The molecule has 4 amide bonds. The number of nitrogens with one attached hydrogen (secondary N) is 4. The number of amides is 4. The number of aromatic nitrogens is 4. The summed E-state index contributed by atoms with van der Waals surface area (Å²) in [7, 11) is 0. The lowest BCUT2D eigenvalue weighted by atomic mass is 9.92. The van der Waals surface area contributed by atoms with Crippen LogP contribution in [0.3, 0.4) is 0 Å². The summed E-state index contributed by atoms with van der Waals surface area (Å²) in [5.74, 6) is 0.467. The Morgan fingerprint density at radius 2 is 1.06 bits per heavy atom. The molecule has 2 unspecified atom stereocenters. The number of nitrogens with zero attached hydrogens (tertiary/aromatic N) is 4. The Morgan fingerprint density at radius 1 is 0.629 bits per heavy atom. The molecule has 4 aromatic carbocycles. The molecule has 2 aliphatic rings. The van der Waals surface area contributed by atoms with Gasteiger partial charge in [-0.2, -0.15) is 0 Å². The van der Waals surface area contributed by atoms with Crippen LogP contribution in [0.1, 0.15) is 83.8 Å². The smallest absolute Gasteiger partial charge is 0.405 e. The number of carbonyl (C=O) groups is 4. The molecule has 6 N–H and O–H groups in total. The average molecular weight is 876 g/mol. The lowest BCUT2D eigenvalue weighted by Gasteiger charge is -2.28. The molecular weight excluding hydrogens is 831 g/mol. The molecule has 2 aromatic heterocycles. The first-order valence-corrected chi connectivity index (χ1v) is 21.0. The molecule has 4 heterocycles. The van der Waals surface area contributed by atoms with Crippen molar-refractivity contribution >= 4 is 47.2 Å². The zero-order chi connectivity index (χ0) is 43.7. The number of imidazole rings is 2. The molecule has 318 valence electrons. The summed E-state index contributed by atoms with van der Waals surface area (Å²) in [6, 6.07) is 22.7. The molecule has 2 aliphatic heterocycles. The predicted octanol–water partition coefficient (Wildman–Crippen LogP) is 9.40. The minimum absolute atomic E-state index is 0.300. The first-order chi connectivity index (χ1) is 29.9. The van der Waals surface area contributed by atoms with Crippen LogP contribution in [0, 0.1) is 13.8 Å². The van der Waals surface area contributed by atoms with Crippen LogP contribution >= 0.6 is 23.2 Å². The second kappa shape index (κ2) is 17.8. The van der Waals surface area contributed by atoms with Gasteiger partial charge in [0.1, 0.15) is 23.7 Å². The lowest BCUT2D eigenvalue weighted by molar-refractivity contribution is -0.135. The molecule has 0 radical (unpaired) electrons. The van der Waals surface area contributed by atoms with Gasteiger partial charge in [-0.1, -0.05) is 96.0 Å². The van der Waals surface area contributed by atoms with Crippen molar-refractivity contribution in [3.8, 4) is 33.6 Å². The van der Waals surface area contributed by atoms with E-state index in [0.29, 0.717) is 58.8 Å². The van der Waals surface area contributed by atoms with Crippen LogP contribution in [-0.4, -0.2) is 77.0 Å². The summed E-state index contributed by atoms with van der Waals surface area (Å²) < 4.78 is 0. The maximum atomic E-state index is 13.9. The quantitative estimate of drug-likeness (QED) is 0.0740. The van der Waals surface area contributed by atoms with E-state index in [1.54, 1.807) is 70.7 Å². The highest BCUT2D eigenvalue weighted by Gasteiger charge is 2.39. The molecule has 0 aliphatic carbocycles. The maximum absolute atomic E-state index is 13.9. The number of benzene rings is 4. The minimum Gasteiger partial charge on any atom is -0.465 e. The number of likely N-dealkylation sites (tertiary alicyclic amines) is 2. The van der Waals surface area contributed by atoms with Gasteiger partial charge >= 0.3 is 12.2 Å². The Kier molecular flexibility index (Phi) is 12.0. The van der Waals surface area contributed by atoms with E-state index in [0.717, 1.165) is 57.6 Å². The van der Waals surface area contributed by atoms with Crippen molar-refractivity contribution in [2.24, 2.45) is 0 Å². The van der Waals surface area contributed by atoms with Crippen molar-refractivity contribution in [2.45, 2.75) is 63.7 Å². The Hall–Kier alpha value is -6.64. The summed E-state index contributed by atoms with van der Waals surface area (Å²) in [6.07, 6.45) is 3.70. The standard InChI is InChI=1S/C46H44Cl2N8O6/c1-25-26(2)30(36-24-50-42(52-36)38-14-8-22-56(38)44(58)40(54-46(61)62)32-10-4-6-12-34(32)48)20-19-29(25)27-15-17-28(18-16-27)35-23-49-41(51-35)37-13-7-21-55(37)43(57)39(53-45(59)60)31-9-3-5-11-33(31)47/h3-6,9-12,15-20,23-24,37-40,53-54H,7-8,13-14,21-22H2,1-2H3,(H,49,51)(H,50,52)(H,59,60)(H,61,62)/t37?,38-,39?,40+/m0/s1. The van der Waals surface area contributed by atoms with Gasteiger partial charge in [0.05, 0.1) is 35.9 Å². The van der Waals surface area contributed by atoms with E-state index in [4.69, 9.17) is 28.2 Å². The highest BCUT2D eigenvalue weighted by Crippen LogP contribution is 2.39. The Labute approximate surface area is 367 Å². The van der Waals surface area contributed by atoms with E-state index in [-0.39, 0.29) is 18.0 Å². The van der Waals surface area contributed by atoms with Crippen molar-refractivity contribution in [3.05, 3.63) is 141 Å². The number of hydrogen-bond acceptors (Lipinski definition) is 6. The summed E-state index contributed by atoms with van der Waals surface area (Å²) in [5.41, 5.74) is 8.51. The number of carboxylic acid groups (broad SMARTS) is 2. The van der Waals surface area contributed by atoms with E-state index in [9.17, 15) is 29.4 Å². The summed E-state index contributed by atoms with van der Waals surface area (Å²) in [6.45, 7) is 5.06. The largest absolute Gasteiger partial charge is 0.465 e. The fraction of sp³-hybridized carbons (Fsp3) is 0.261. The average Bonchev–Trinajstić information content (AvgIpc) is 4.11. The molecule has 6 aromatic rings. The van der Waals surface area contributed by atoms with Crippen LogP contribution < -0.4 is 10.6 Å². The van der Waals surface area contributed by atoms with Crippen LogP contribution in [0.5, 0.6) is 0 Å². The van der Waals surface area contributed by atoms with E-state index >= 15 is 0 Å². The van der Waals surface area contributed by atoms with Crippen molar-refractivity contribution in [1.29, 1.82) is 0 Å². The third-order valence-electron chi connectivity index (χ3n) is 11.9. The molecule has 14 nitrogen and oxygen atoms in total. The minimum atomic E-state index is -1.32. The molecule has 0 spiro atoms. The topological polar surface area (TPSA) is 197 Å². The number of H-pyrrole nitrogens is 2. The van der Waals surface area contributed by atoms with Crippen LogP contribution in [0.25, 0.3) is 33.6 Å². The van der Waals surface area contributed by atoms with Crippen LogP contribution in [0.4, 0.5) is 9.59 Å². The third-order valence-corrected chi connectivity index (χ3v) is 12.6. The molecule has 2 fully saturated rings. The maximum Gasteiger partial charge on any atom is 0.405 e. The van der Waals surface area contributed by atoms with Gasteiger partial charge < -0.3 is 40.6 Å². The molecule has 0 saturated carbocycles. The first-order valence-electron chi connectivity index (χ1n) is 20.3. The highest BCUT2D eigenvalue weighted by atomic mass is 35.5. The Balaban J connectivity index is 0.972. The SMILES string of the molecule is Cc1c(-c2ccc(-c3cnc(C4CCCN4C(=O)C(NC(=O)O)c4ccccc4Cl)[nH]3)cc2)ccc(-c2cnc([C@@H]3CCCN3C(=O)[C@H](NC(=O)O)c3ccccc3Cl)[nH]2)c1C. The number of rotatable bonds is 11. The Morgan fingerprint density at radius 3 is 1.56 bits per heavy atom. The van der Waals surface area contributed by atoms with Gasteiger partial charge in [-0.25, -0.2) is 19.6 Å². The third kappa shape index (κ3) is 8.35. The van der Waals surface area contributed by atoms with Gasteiger partial charge in [-0.3, -0.25) is 9.59 Å². The first kappa shape index (κ1) is 42.1. The van der Waals surface area contributed by atoms with Crippen molar-refractivity contribution < 1.29 is 29.4 Å². The zero-order valence-corrected chi connectivity index (χ0v) is 35.4. The summed E-state index contributed by atoms with van der Waals surface area (Å²) >= 11 is 12.8. The van der Waals surface area contributed by atoms with Gasteiger partial charge in [-0.05, 0) is 79.5 Å². The number of hydrogen-bond donors (Lipinski definition) is 6. The van der Waals surface area contributed by atoms with Gasteiger partial charge in [0.25, 0.3) is 11.8 Å². The number of halogens is 2. The fourth-order valence-electron chi connectivity index (χ4n) is 8.72. The normalized spacial score (nSPS) is 17.2. The van der Waals surface area contributed by atoms with E-state index in [1.165, 1.54) is 0 Å². The predicted molar refractivity (Wildman–Crippen MR) is 235 cm³/mol. The van der Waals surface area contributed by atoms with Crippen LogP contribution in [0.2, 0.25) is 10.0 Å². The molecule has 62 heavy (non-hydrogen) atoms. The highest BCUT2D eigenvalue weighted by molar-refractivity contribution is 6.32. The van der Waals surface area contributed by atoms with E-state index < -0.39 is 30.2 Å². The molecule has 16 heteroatoms. The summed E-state index contributed by atoms with van der Waals surface area (Å²) in [5, 5.41) is 24.5. The van der Waals surface area contributed by atoms with Gasteiger partial charge in [0, 0.05) is 39.8 Å². The monoisotopic (exact) mass is 874 g/mol. The van der Waals surface area contributed by atoms with Gasteiger partial charge in [-0.15, -0.1) is 0 Å². The van der Waals surface area contributed by atoms with Gasteiger partial charge in [0.15, 0.2) is 0 Å². The summed E-state index contributed by atoms with van der Waals surface area (Å²) in [4.78, 5) is 70.8. The zero-order valence-electron chi connectivity index (χ0n) is 33.9. The van der Waals surface area contributed by atoms with E-state index in [1.807, 2.05) is 12.1 Å². The molecule has 4 atom stereocenters. The second-order valence-electron chi connectivity index (χ2n) is 15.5. The molecule has 2 saturated heterocycles. The van der Waals surface area contributed by atoms with Crippen molar-refractivity contribution in [2.75, 3.05) is 13.1 Å². The van der Waals surface area contributed by atoms with Crippen molar-refractivity contribution in [3.63, 3.8) is 0 Å².